The number of carbonyl (C=O) groups is 2. The van der Waals surface area contributed by atoms with Crippen LogP contribution in [0.3, 0.4) is 0 Å². The number of imide groups is 1. The van der Waals surface area contributed by atoms with E-state index in [0.29, 0.717) is 24.4 Å². The van der Waals surface area contributed by atoms with E-state index in [0.717, 1.165) is 42.6 Å². The largest absolute Gasteiger partial charge is 0.503 e. The van der Waals surface area contributed by atoms with Crippen molar-refractivity contribution >= 4 is 23.3 Å². The topological polar surface area (TPSA) is 86.6 Å². The summed E-state index contributed by atoms with van der Waals surface area (Å²) in [5, 5.41) is 18.1. The van der Waals surface area contributed by atoms with E-state index in [2.05, 4.69) is 10.2 Å². The highest BCUT2D eigenvalue weighted by Gasteiger charge is 2.67. The molecule has 5 fully saturated rings. The zero-order chi connectivity index (χ0) is 20.8. The van der Waals surface area contributed by atoms with Crippen molar-refractivity contribution in [1.82, 2.24) is 20.0 Å². The number of urea groups is 1. The van der Waals surface area contributed by atoms with Gasteiger partial charge in [-0.25, -0.2) is 13.6 Å². The first kappa shape index (κ1) is 18.2. The molecule has 1 aliphatic heterocycles. The van der Waals surface area contributed by atoms with Gasteiger partial charge in [-0.05, 0) is 55.6 Å². The molecule has 0 unspecified atom stereocenters. The van der Waals surface area contributed by atoms with E-state index in [-0.39, 0.29) is 34.5 Å². The van der Waals surface area contributed by atoms with E-state index in [1.165, 1.54) is 11.0 Å². The Labute approximate surface area is 174 Å². The number of phenolic OH excluding ortho intramolecular Hbond substituents is 1. The first-order valence-corrected chi connectivity index (χ1v) is 10.8. The Morgan fingerprint density at radius 3 is 2.53 bits per heavy atom. The molecule has 1 aromatic carbocycles. The molecular formula is C20H18F2N4O3S. The number of aromatic hydroxyl groups is 1. The molecule has 2 bridgehead atoms. The summed E-state index contributed by atoms with van der Waals surface area (Å²) in [4.78, 5) is 29.1. The molecule has 2 heterocycles. The fourth-order valence-electron chi connectivity index (χ4n) is 5.20. The summed E-state index contributed by atoms with van der Waals surface area (Å²) in [7, 11) is 0. The molecule has 30 heavy (non-hydrogen) atoms. The molecule has 1 spiro atoms. The van der Waals surface area contributed by atoms with Gasteiger partial charge in [-0.3, -0.25) is 9.69 Å². The number of amides is 3. The molecule has 7 nitrogen and oxygen atoms in total. The van der Waals surface area contributed by atoms with Crippen molar-refractivity contribution in [2.24, 2.45) is 11.3 Å². The Morgan fingerprint density at radius 1 is 1.17 bits per heavy atom. The molecule has 2 aromatic rings. The van der Waals surface area contributed by atoms with E-state index in [1.807, 2.05) is 0 Å². The molecular weight excluding hydrogens is 414 g/mol. The summed E-state index contributed by atoms with van der Waals surface area (Å²) in [6.07, 6.45) is 4.58. The smallest absolute Gasteiger partial charge is 0.328 e. The minimum Gasteiger partial charge on any atom is -0.503 e. The lowest BCUT2D eigenvalue weighted by atomic mass is 9.44. The maximum Gasteiger partial charge on any atom is 0.328 e. The first-order chi connectivity index (χ1) is 14.3. The maximum atomic E-state index is 14.2. The van der Waals surface area contributed by atoms with E-state index in [4.69, 9.17) is 0 Å². The highest BCUT2D eigenvalue weighted by atomic mass is 32.1. The van der Waals surface area contributed by atoms with E-state index < -0.39 is 22.9 Å². The average molecular weight is 432 g/mol. The Bertz CT molecular complexity index is 1100. The summed E-state index contributed by atoms with van der Waals surface area (Å²) < 4.78 is 27.5. The molecule has 0 atom stereocenters. The maximum absolute atomic E-state index is 14.2. The van der Waals surface area contributed by atoms with E-state index in [1.54, 1.807) is 4.90 Å². The molecule has 1 aromatic heterocycles. The normalized spacial score (nSPS) is 28.1. The van der Waals surface area contributed by atoms with Crippen molar-refractivity contribution < 1.29 is 23.5 Å². The Kier molecular flexibility index (Phi) is 3.48. The van der Waals surface area contributed by atoms with Gasteiger partial charge in [-0.2, -0.15) is 0 Å². The van der Waals surface area contributed by atoms with Crippen LogP contribution in [0.25, 0.3) is 10.6 Å². The Balaban J connectivity index is 1.24. The minimum absolute atomic E-state index is 0.0622. The van der Waals surface area contributed by atoms with Gasteiger partial charge in [0.15, 0.2) is 22.4 Å². The molecule has 7 rings (SSSR count). The number of benzene rings is 1. The van der Waals surface area contributed by atoms with Crippen molar-refractivity contribution in [2.45, 2.75) is 44.2 Å². The van der Waals surface area contributed by atoms with Crippen molar-refractivity contribution in [1.29, 1.82) is 0 Å². The summed E-state index contributed by atoms with van der Waals surface area (Å²) in [6, 6.07) is 1.86. The number of aromatic nitrogens is 2. The molecule has 4 aliphatic carbocycles. The van der Waals surface area contributed by atoms with Crippen LogP contribution in [0.5, 0.6) is 5.75 Å². The fraction of sp³-hybridized carbons (Fsp3) is 0.500. The molecule has 1 N–H and O–H groups in total. The summed E-state index contributed by atoms with van der Waals surface area (Å²) >= 11 is 1.05. The van der Waals surface area contributed by atoms with Gasteiger partial charge in [0.2, 0.25) is 0 Å². The lowest BCUT2D eigenvalue weighted by Crippen LogP contribution is -2.58. The zero-order valence-corrected chi connectivity index (χ0v) is 16.7. The van der Waals surface area contributed by atoms with E-state index >= 15 is 0 Å². The molecule has 1 saturated heterocycles. The zero-order valence-electron chi connectivity index (χ0n) is 15.9. The lowest BCUT2D eigenvalue weighted by molar-refractivity contribution is -0.143. The second kappa shape index (κ2) is 5.75. The SMILES string of the molecule is O=C1N(CC23CC(C2)C3)C(=O)C2(CC2)N1Cc1nnc(-c2ccc(F)c(O)c2F)s1. The first-order valence-electron chi connectivity index (χ1n) is 9.95. The van der Waals surface area contributed by atoms with Crippen LogP contribution in [0.15, 0.2) is 12.1 Å². The number of hydrogen-bond donors (Lipinski definition) is 1. The van der Waals surface area contributed by atoms with Gasteiger partial charge in [0, 0.05) is 6.54 Å². The number of carbonyl (C=O) groups excluding carboxylic acids is 2. The molecule has 4 saturated carbocycles. The second-order valence-corrected chi connectivity index (χ2v) is 10.1. The van der Waals surface area contributed by atoms with Gasteiger partial charge < -0.3 is 10.0 Å². The van der Waals surface area contributed by atoms with Gasteiger partial charge in [0.1, 0.15) is 10.5 Å². The van der Waals surface area contributed by atoms with Crippen molar-refractivity contribution in [2.75, 3.05) is 6.54 Å². The third-order valence-corrected chi connectivity index (χ3v) is 8.00. The molecule has 3 amide bonds. The monoisotopic (exact) mass is 432 g/mol. The number of nitrogens with zero attached hydrogens (tertiary/aromatic N) is 4. The van der Waals surface area contributed by atoms with Crippen LogP contribution in [-0.2, 0) is 11.3 Å². The van der Waals surface area contributed by atoms with Crippen LogP contribution >= 0.6 is 11.3 Å². The standard InChI is InChI=1S/C20H18F2N4O3S/c21-12-2-1-11(14(22)15(12)27)16-24-23-13(30-16)8-26-18(29)25(17(28)20(26)3-4-20)9-19-5-10(6-19)7-19/h1-2,10,27H,3-9H2. The average Bonchev–Trinajstić information content (AvgIpc) is 3.29. The fourth-order valence-corrected chi connectivity index (χ4v) is 6.05. The van der Waals surface area contributed by atoms with Gasteiger partial charge in [-0.15, -0.1) is 10.2 Å². The number of rotatable bonds is 5. The number of halogens is 2. The van der Waals surface area contributed by atoms with Gasteiger partial charge in [0.25, 0.3) is 5.91 Å². The van der Waals surface area contributed by atoms with Crippen molar-refractivity contribution in [3.8, 4) is 16.3 Å². The summed E-state index contributed by atoms with van der Waals surface area (Å²) in [5.74, 6) is -2.56. The van der Waals surface area contributed by atoms with Crippen LogP contribution in [0.2, 0.25) is 0 Å². The molecule has 5 aliphatic rings. The molecule has 0 radical (unpaired) electrons. The number of phenols is 1. The van der Waals surface area contributed by atoms with Crippen molar-refractivity contribution in [3.63, 3.8) is 0 Å². The predicted octanol–water partition coefficient (Wildman–Crippen LogP) is 3.29. The van der Waals surface area contributed by atoms with Gasteiger partial charge >= 0.3 is 6.03 Å². The summed E-state index contributed by atoms with van der Waals surface area (Å²) in [6.45, 7) is 0.615. The third-order valence-electron chi connectivity index (χ3n) is 7.06. The lowest BCUT2D eigenvalue weighted by Gasteiger charge is -2.62. The van der Waals surface area contributed by atoms with Crippen LogP contribution < -0.4 is 0 Å². The predicted molar refractivity (Wildman–Crippen MR) is 101 cm³/mol. The number of hydrogen-bond acceptors (Lipinski definition) is 6. The van der Waals surface area contributed by atoms with Crippen LogP contribution in [0, 0.1) is 23.0 Å². The quantitative estimate of drug-likeness (QED) is 0.733. The Hall–Kier alpha value is -2.62. The summed E-state index contributed by atoms with van der Waals surface area (Å²) in [5.41, 5.74) is -0.695. The van der Waals surface area contributed by atoms with Crippen LogP contribution in [0.4, 0.5) is 13.6 Å². The third kappa shape index (κ3) is 2.33. The highest BCUT2D eigenvalue weighted by molar-refractivity contribution is 7.14. The van der Waals surface area contributed by atoms with E-state index in [9.17, 15) is 23.5 Å². The van der Waals surface area contributed by atoms with Gasteiger partial charge in [-0.1, -0.05) is 11.3 Å². The highest BCUT2D eigenvalue weighted by Crippen LogP contribution is 2.65. The van der Waals surface area contributed by atoms with Crippen molar-refractivity contribution in [3.05, 3.63) is 28.8 Å². The second-order valence-electron chi connectivity index (χ2n) is 9.03. The van der Waals surface area contributed by atoms with Crippen LogP contribution in [-0.4, -0.2) is 49.1 Å². The van der Waals surface area contributed by atoms with Crippen LogP contribution in [0.1, 0.15) is 37.1 Å². The van der Waals surface area contributed by atoms with Gasteiger partial charge in [0.05, 0.1) is 12.1 Å². The molecule has 10 heteroatoms. The Morgan fingerprint density at radius 2 is 1.90 bits per heavy atom. The minimum atomic E-state index is -1.10. The molecule has 156 valence electrons.